The van der Waals surface area contributed by atoms with Gasteiger partial charge in [0.1, 0.15) is 0 Å². The van der Waals surface area contributed by atoms with E-state index in [1.54, 1.807) is 0 Å². The van der Waals surface area contributed by atoms with Crippen molar-refractivity contribution in [2.24, 2.45) is 0 Å². The van der Waals surface area contributed by atoms with Gasteiger partial charge in [-0.25, -0.2) is 9.97 Å². The van der Waals surface area contributed by atoms with Gasteiger partial charge < -0.3 is 4.57 Å². The van der Waals surface area contributed by atoms with Crippen molar-refractivity contribution in [1.29, 1.82) is 0 Å². The topological polar surface area (TPSA) is 30.7 Å². The van der Waals surface area contributed by atoms with Crippen LogP contribution < -0.4 is 0 Å². The first-order valence-electron chi connectivity index (χ1n) is 14.7. The van der Waals surface area contributed by atoms with E-state index in [9.17, 15) is 0 Å². The van der Waals surface area contributed by atoms with Crippen molar-refractivity contribution in [2.45, 2.75) is 0 Å². The van der Waals surface area contributed by atoms with Crippen molar-refractivity contribution in [2.75, 3.05) is 0 Å². The van der Waals surface area contributed by atoms with Crippen molar-refractivity contribution < 1.29 is 0 Å². The lowest BCUT2D eigenvalue weighted by Gasteiger charge is -2.13. The first-order valence-corrected chi connectivity index (χ1v) is 14.7. The second-order valence-corrected chi connectivity index (χ2v) is 11.4. The molecule has 43 heavy (non-hydrogen) atoms. The summed E-state index contributed by atoms with van der Waals surface area (Å²) in [5.74, 6) is 0.743. The van der Waals surface area contributed by atoms with Gasteiger partial charge in [0.2, 0.25) is 0 Å². The normalized spacial score (nSPS) is 12.8. The maximum absolute atomic E-state index is 5.27. The molecule has 6 aromatic carbocycles. The van der Waals surface area contributed by atoms with Gasteiger partial charge in [-0.2, -0.15) is 0 Å². The lowest BCUT2D eigenvalue weighted by Crippen LogP contribution is -1.98. The van der Waals surface area contributed by atoms with Crippen molar-refractivity contribution in [3.63, 3.8) is 0 Å². The molecule has 0 amide bonds. The fourth-order valence-corrected chi connectivity index (χ4v) is 7.27. The van der Waals surface area contributed by atoms with E-state index < -0.39 is 0 Å². The van der Waals surface area contributed by atoms with Gasteiger partial charge in [-0.15, -0.1) is 0 Å². The SMILES string of the molecule is C1=C(c2ccccc2)c2cc(-c3ncc4c(n3)-c3cccc5cccc-4c35)cc3c4ccccc4n(c23)-c2ccccc21. The monoisotopic (exact) mass is 545 g/mol. The minimum absolute atomic E-state index is 0.743. The molecule has 2 aliphatic rings. The van der Waals surface area contributed by atoms with Crippen LogP contribution in [0.1, 0.15) is 16.7 Å². The van der Waals surface area contributed by atoms with E-state index in [4.69, 9.17) is 9.97 Å². The Balaban J connectivity index is 1.30. The Kier molecular flexibility index (Phi) is 4.45. The Morgan fingerprint density at radius 3 is 2.26 bits per heavy atom. The van der Waals surface area contributed by atoms with Gasteiger partial charge in [-0.3, -0.25) is 0 Å². The molecular formula is C40H23N3. The molecule has 198 valence electrons. The van der Waals surface area contributed by atoms with Gasteiger partial charge in [0.15, 0.2) is 5.82 Å². The third kappa shape index (κ3) is 3.08. The van der Waals surface area contributed by atoms with Crippen LogP contribution in [0, 0.1) is 0 Å². The summed E-state index contributed by atoms with van der Waals surface area (Å²) in [6, 6.07) is 45.7. The molecule has 0 spiro atoms. The fourth-order valence-electron chi connectivity index (χ4n) is 7.27. The van der Waals surface area contributed by atoms with E-state index in [-0.39, 0.29) is 0 Å². The molecule has 0 saturated heterocycles. The van der Waals surface area contributed by atoms with E-state index in [1.165, 1.54) is 71.7 Å². The first kappa shape index (κ1) is 22.8. The van der Waals surface area contributed by atoms with E-state index >= 15 is 0 Å². The van der Waals surface area contributed by atoms with Crippen molar-refractivity contribution in [1.82, 2.24) is 14.5 Å². The third-order valence-electron chi connectivity index (χ3n) is 9.12. The van der Waals surface area contributed by atoms with Crippen LogP contribution in [-0.4, -0.2) is 14.5 Å². The van der Waals surface area contributed by atoms with Gasteiger partial charge >= 0.3 is 0 Å². The van der Waals surface area contributed by atoms with Crippen LogP contribution in [0.2, 0.25) is 0 Å². The fraction of sp³-hybridized carbons (Fsp3) is 0. The number of aromatic nitrogens is 3. The Labute approximate surface area is 248 Å². The number of fused-ring (bicyclic) bond motifs is 8. The second-order valence-electron chi connectivity index (χ2n) is 11.4. The quantitative estimate of drug-likeness (QED) is 0.216. The predicted molar refractivity (Wildman–Crippen MR) is 177 cm³/mol. The summed E-state index contributed by atoms with van der Waals surface area (Å²) in [6.45, 7) is 0. The minimum Gasteiger partial charge on any atom is -0.308 e. The largest absolute Gasteiger partial charge is 0.308 e. The maximum atomic E-state index is 5.27. The van der Waals surface area contributed by atoms with Crippen molar-refractivity contribution in [3.8, 4) is 39.5 Å². The van der Waals surface area contributed by atoms with Gasteiger partial charge in [0.05, 0.1) is 22.4 Å². The highest BCUT2D eigenvalue weighted by Gasteiger charge is 2.26. The molecule has 3 nitrogen and oxygen atoms in total. The van der Waals surface area contributed by atoms with Crippen LogP contribution in [0.3, 0.4) is 0 Å². The summed E-state index contributed by atoms with van der Waals surface area (Å²) >= 11 is 0. The number of rotatable bonds is 2. The average Bonchev–Trinajstić information content (AvgIpc) is 3.52. The first-order chi connectivity index (χ1) is 21.3. The molecule has 0 N–H and O–H groups in total. The molecule has 0 radical (unpaired) electrons. The molecule has 3 heteroatoms. The summed E-state index contributed by atoms with van der Waals surface area (Å²) in [6.07, 6.45) is 4.35. The van der Waals surface area contributed by atoms with Crippen LogP contribution in [0.25, 0.3) is 83.7 Å². The van der Waals surface area contributed by atoms with Crippen LogP contribution in [-0.2, 0) is 0 Å². The van der Waals surface area contributed by atoms with Crippen LogP contribution >= 0.6 is 0 Å². The molecule has 3 heterocycles. The maximum Gasteiger partial charge on any atom is 0.159 e. The number of para-hydroxylation sites is 2. The lowest BCUT2D eigenvalue weighted by molar-refractivity contribution is 1.17. The molecule has 0 unspecified atom stereocenters. The zero-order valence-corrected chi connectivity index (χ0v) is 23.1. The molecule has 1 aliphatic heterocycles. The molecule has 1 aliphatic carbocycles. The van der Waals surface area contributed by atoms with E-state index in [0.717, 1.165) is 22.6 Å². The standard InChI is InChI=1S/C40H23N3/c1-2-10-24(11-3-1)31-20-26-12-4-6-18-35(26)43-36-19-7-5-15-28(36)32-21-27(22-33(31)39(32)43)40-41-23-34-29-16-8-13-25-14-9-17-30(37(25)29)38(34)42-40/h1-23H. The molecule has 8 aromatic rings. The van der Waals surface area contributed by atoms with Gasteiger partial charge in [0, 0.05) is 39.2 Å². The predicted octanol–water partition coefficient (Wildman–Crippen LogP) is 9.94. The summed E-state index contributed by atoms with van der Waals surface area (Å²) < 4.78 is 2.44. The smallest absolute Gasteiger partial charge is 0.159 e. The summed E-state index contributed by atoms with van der Waals surface area (Å²) in [5.41, 5.74) is 13.9. The van der Waals surface area contributed by atoms with E-state index in [1.807, 2.05) is 6.20 Å². The summed E-state index contributed by atoms with van der Waals surface area (Å²) in [4.78, 5) is 10.3. The second kappa shape index (κ2) is 8.37. The number of hydrogen-bond donors (Lipinski definition) is 0. The molecular weight excluding hydrogens is 522 g/mol. The van der Waals surface area contributed by atoms with E-state index in [2.05, 4.69) is 138 Å². The highest BCUT2D eigenvalue weighted by Crippen LogP contribution is 2.47. The Hall–Kier alpha value is -5.80. The van der Waals surface area contributed by atoms with Crippen LogP contribution in [0.15, 0.2) is 134 Å². The minimum atomic E-state index is 0.743. The molecule has 10 rings (SSSR count). The van der Waals surface area contributed by atoms with Crippen molar-refractivity contribution >= 4 is 44.2 Å². The molecule has 0 fully saturated rings. The van der Waals surface area contributed by atoms with Gasteiger partial charge in [0.25, 0.3) is 0 Å². The number of hydrogen-bond acceptors (Lipinski definition) is 2. The Morgan fingerprint density at radius 2 is 1.35 bits per heavy atom. The average molecular weight is 546 g/mol. The van der Waals surface area contributed by atoms with Crippen molar-refractivity contribution in [3.05, 3.63) is 150 Å². The van der Waals surface area contributed by atoms with E-state index in [0.29, 0.717) is 0 Å². The third-order valence-corrected chi connectivity index (χ3v) is 9.12. The van der Waals surface area contributed by atoms with Crippen LogP contribution in [0.4, 0.5) is 0 Å². The summed E-state index contributed by atoms with van der Waals surface area (Å²) in [7, 11) is 0. The molecule has 2 aromatic heterocycles. The van der Waals surface area contributed by atoms with Gasteiger partial charge in [-0.05, 0) is 63.4 Å². The highest BCUT2D eigenvalue weighted by molar-refractivity contribution is 6.17. The Bertz CT molecular complexity index is 2490. The Morgan fingerprint density at radius 1 is 0.558 bits per heavy atom. The zero-order valence-electron chi connectivity index (χ0n) is 23.1. The molecule has 0 atom stereocenters. The molecule has 0 saturated carbocycles. The lowest BCUT2D eigenvalue weighted by atomic mass is 9.92. The van der Waals surface area contributed by atoms with Gasteiger partial charge in [-0.1, -0.05) is 103 Å². The number of benzene rings is 6. The summed E-state index contributed by atoms with van der Waals surface area (Å²) in [5, 5.41) is 4.93. The zero-order chi connectivity index (χ0) is 28.1. The molecule has 0 bridgehead atoms. The number of nitrogens with zero attached hydrogens (tertiary/aromatic N) is 3. The van der Waals surface area contributed by atoms with Crippen LogP contribution in [0.5, 0.6) is 0 Å². The highest BCUT2D eigenvalue weighted by atomic mass is 15.0.